The van der Waals surface area contributed by atoms with Crippen molar-refractivity contribution in [2.24, 2.45) is 0 Å². The second kappa shape index (κ2) is 7.84. The Morgan fingerprint density at radius 2 is 1.41 bits per heavy atom. The third kappa shape index (κ3) is 4.38. The summed E-state index contributed by atoms with van der Waals surface area (Å²) in [6.45, 7) is 0. The van der Waals surface area contributed by atoms with Gasteiger partial charge in [-0.1, -0.05) is 24.3 Å². The van der Waals surface area contributed by atoms with E-state index in [4.69, 9.17) is 4.55 Å². The first-order valence-corrected chi connectivity index (χ1v) is 8.00. The van der Waals surface area contributed by atoms with E-state index in [1.54, 1.807) is 0 Å². The molecule has 0 radical (unpaired) electrons. The molecule has 0 unspecified atom stereocenters. The van der Waals surface area contributed by atoms with E-state index in [2.05, 4.69) is 0 Å². The molecule has 0 aliphatic rings. The molecular formula is C11H10Na2O7S2. The van der Waals surface area contributed by atoms with Crippen molar-refractivity contribution >= 4 is 37.3 Å². The number of hydrogen-bond acceptors (Lipinski definition) is 5. The molecule has 2 rings (SSSR count). The van der Waals surface area contributed by atoms with Gasteiger partial charge >= 0.3 is 59.1 Å². The molecule has 0 spiro atoms. The standard InChI is InChI=1S/C11H8O7S2.2Na.2H/c12-6-7-5-10(19(13,14)15)11(20(16,17)18)9-4-2-1-3-8(7)9;;;;/h1-6H,(H,13,14,15)(H,16,17,18);;;;/q;2*+1;2*-1. The number of benzene rings is 2. The largest absolute Gasteiger partial charge is 1.00 e. The van der Waals surface area contributed by atoms with E-state index < -0.39 is 30.0 Å². The molecular weight excluding hydrogens is 354 g/mol. The molecule has 0 bridgehead atoms. The van der Waals surface area contributed by atoms with Gasteiger partial charge in [0.15, 0.2) is 6.29 Å². The van der Waals surface area contributed by atoms with Gasteiger partial charge in [-0.15, -0.1) is 0 Å². The van der Waals surface area contributed by atoms with Crippen molar-refractivity contribution in [3.05, 3.63) is 35.9 Å². The zero-order chi connectivity index (χ0) is 15.1. The van der Waals surface area contributed by atoms with Gasteiger partial charge in [-0.05, 0) is 11.5 Å². The summed E-state index contributed by atoms with van der Waals surface area (Å²) in [5.74, 6) is 0. The fourth-order valence-electron chi connectivity index (χ4n) is 1.91. The average molecular weight is 364 g/mol. The molecule has 2 N–H and O–H groups in total. The summed E-state index contributed by atoms with van der Waals surface area (Å²) in [6, 6.07) is 6.23. The van der Waals surface area contributed by atoms with Crippen LogP contribution >= 0.6 is 0 Å². The van der Waals surface area contributed by atoms with E-state index in [0.29, 0.717) is 12.4 Å². The van der Waals surface area contributed by atoms with E-state index in [1.165, 1.54) is 24.3 Å². The Morgan fingerprint density at radius 3 is 1.82 bits per heavy atom. The summed E-state index contributed by atoms with van der Waals surface area (Å²) in [4.78, 5) is 8.97. The molecule has 0 atom stereocenters. The molecule has 0 aliphatic carbocycles. The third-order valence-electron chi connectivity index (χ3n) is 2.66. The topological polar surface area (TPSA) is 126 Å². The predicted octanol–water partition coefficient (Wildman–Crippen LogP) is -4.62. The molecule has 22 heavy (non-hydrogen) atoms. The maximum absolute atomic E-state index is 11.4. The van der Waals surface area contributed by atoms with Crippen LogP contribution in [0.2, 0.25) is 0 Å². The average Bonchev–Trinajstić information content (AvgIpc) is 2.34. The maximum Gasteiger partial charge on any atom is 1.00 e. The van der Waals surface area contributed by atoms with E-state index in [-0.39, 0.29) is 78.3 Å². The van der Waals surface area contributed by atoms with Crippen molar-refractivity contribution in [1.82, 2.24) is 0 Å². The quantitative estimate of drug-likeness (QED) is 0.319. The molecule has 0 amide bonds. The minimum atomic E-state index is -4.94. The van der Waals surface area contributed by atoms with Crippen molar-refractivity contribution in [2.75, 3.05) is 0 Å². The minimum absolute atomic E-state index is 0. The van der Waals surface area contributed by atoms with Gasteiger partial charge in [0, 0.05) is 10.9 Å². The molecule has 7 nitrogen and oxygen atoms in total. The Labute approximate surface area is 174 Å². The van der Waals surface area contributed by atoms with Crippen molar-refractivity contribution in [2.45, 2.75) is 9.79 Å². The summed E-state index contributed by atoms with van der Waals surface area (Å²) in [5, 5.41) is -0.0326. The van der Waals surface area contributed by atoms with Gasteiger partial charge in [-0.25, -0.2) is 0 Å². The Kier molecular flexibility index (Phi) is 7.91. The van der Waals surface area contributed by atoms with Crippen LogP contribution in [0.25, 0.3) is 10.8 Å². The van der Waals surface area contributed by atoms with Crippen LogP contribution in [0, 0.1) is 0 Å². The predicted molar refractivity (Wildman–Crippen MR) is 71.2 cm³/mol. The van der Waals surface area contributed by atoms with Crippen LogP contribution in [0.15, 0.2) is 40.1 Å². The smallest absolute Gasteiger partial charge is 1.00 e. The van der Waals surface area contributed by atoms with Crippen LogP contribution in [0.5, 0.6) is 0 Å². The van der Waals surface area contributed by atoms with Gasteiger partial charge in [0.1, 0.15) is 9.79 Å². The van der Waals surface area contributed by atoms with E-state index >= 15 is 0 Å². The van der Waals surface area contributed by atoms with Crippen LogP contribution in [0.4, 0.5) is 0 Å². The number of carbonyl (C=O) groups excluding carboxylic acids is 1. The van der Waals surface area contributed by atoms with Crippen molar-refractivity contribution in [1.29, 1.82) is 0 Å². The number of hydrogen-bond donors (Lipinski definition) is 2. The van der Waals surface area contributed by atoms with Crippen molar-refractivity contribution < 1.29 is 92.7 Å². The Bertz CT molecular complexity index is 931. The summed E-state index contributed by atoms with van der Waals surface area (Å²) in [7, 11) is -9.86. The Balaban J connectivity index is -0.00000110. The first-order chi connectivity index (χ1) is 9.16. The van der Waals surface area contributed by atoms with Crippen molar-refractivity contribution in [3.63, 3.8) is 0 Å². The first-order valence-electron chi connectivity index (χ1n) is 5.12. The second-order valence-electron chi connectivity index (χ2n) is 3.91. The summed E-state index contributed by atoms with van der Waals surface area (Å²) >= 11 is 0. The summed E-state index contributed by atoms with van der Waals surface area (Å²) < 4.78 is 63.7. The van der Waals surface area contributed by atoms with Crippen LogP contribution in [-0.4, -0.2) is 32.2 Å². The molecule has 2 aromatic carbocycles. The van der Waals surface area contributed by atoms with Gasteiger partial charge < -0.3 is 2.85 Å². The van der Waals surface area contributed by atoms with Crippen LogP contribution in [-0.2, 0) is 20.2 Å². The fourth-order valence-corrected chi connectivity index (χ4v) is 3.93. The SMILES string of the molecule is O=Cc1cc(S(=O)(=O)O)c(S(=O)(=O)O)c2ccccc12.[H-].[H-].[Na+].[Na+]. The molecule has 0 fully saturated rings. The summed E-state index contributed by atoms with van der Waals surface area (Å²) in [6.07, 6.45) is 0.324. The van der Waals surface area contributed by atoms with E-state index in [9.17, 15) is 26.2 Å². The van der Waals surface area contributed by atoms with Gasteiger partial charge in [0.05, 0.1) is 0 Å². The van der Waals surface area contributed by atoms with Crippen molar-refractivity contribution in [3.8, 4) is 0 Å². The van der Waals surface area contributed by atoms with Crippen LogP contribution < -0.4 is 59.1 Å². The van der Waals surface area contributed by atoms with Gasteiger partial charge in [-0.2, -0.15) is 16.8 Å². The molecule has 110 valence electrons. The number of aldehydes is 1. The normalized spacial score (nSPS) is 11.4. The molecule has 0 heterocycles. The Hall–Kier alpha value is 0.190. The minimum Gasteiger partial charge on any atom is -1.00 e. The molecule has 0 saturated heterocycles. The molecule has 0 saturated carbocycles. The molecule has 11 heteroatoms. The third-order valence-corrected chi connectivity index (χ3v) is 4.62. The molecule has 0 aromatic heterocycles. The van der Waals surface area contributed by atoms with E-state index in [1.807, 2.05) is 0 Å². The van der Waals surface area contributed by atoms with Gasteiger partial charge in [0.2, 0.25) is 0 Å². The van der Waals surface area contributed by atoms with Gasteiger partial charge in [0.25, 0.3) is 20.2 Å². The van der Waals surface area contributed by atoms with E-state index in [0.717, 1.165) is 0 Å². The first kappa shape index (κ1) is 22.2. The monoisotopic (exact) mass is 364 g/mol. The number of rotatable bonds is 3. The van der Waals surface area contributed by atoms with Crippen LogP contribution in [0.1, 0.15) is 13.2 Å². The number of carbonyl (C=O) groups is 1. The zero-order valence-electron chi connectivity index (χ0n) is 13.7. The zero-order valence-corrected chi connectivity index (χ0v) is 17.3. The summed E-state index contributed by atoms with van der Waals surface area (Å²) in [5.41, 5.74) is -0.124. The molecule has 0 aliphatic heterocycles. The van der Waals surface area contributed by atoms with Gasteiger partial charge in [-0.3, -0.25) is 13.9 Å². The molecule has 2 aromatic rings. The Morgan fingerprint density at radius 1 is 0.909 bits per heavy atom. The fraction of sp³-hybridized carbons (Fsp3) is 0. The second-order valence-corrected chi connectivity index (χ2v) is 6.65. The van der Waals surface area contributed by atoms with Crippen LogP contribution in [0.3, 0.4) is 0 Å². The maximum atomic E-state index is 11.4. The number of fused-ring (bicyclic) bond motifs is 1.